The first-order valence-corrected chi connectivity index (χ1v) is 6.95. The van der Waals surface area contributed by atoms with Gasteiger partial charge in [0.2, 0.25) is 5.91 Å². The van der Waals surface area contributed by atoms with E-state index >= 15 is 0 Å². The third-order valence-electron chi connectivity index (χ3n) is 3.37. The Morgan fingerprint density at radius 2 is 2.05 bits per heavy atom. The predicted octanol–water partition coefficient (Wildman–Crippen LogP) is 1.49. The number of hydrogen-bond donors (Lipinski definition) is 3. The second kappa shape index (κ2) is 6.39. The van der Waals surface area contributed by atoms with E-state index in [0.717, 1.165) is 6.42 Å². The van der Waals surface area contributed by atoms with E-state index in [0.29, 0.717) is 24.2 Å². The van der Waals surface area contributed by atoms with Gasteiger partial charge < -0.3 is 15.7 Å². The van der Waals surface area contributed by atoms with Crippen LogP contribution < -0.4 is 10.6 Å². The molecule has 1 aromatic rings. The molecule has 0 radical (unpaired) electrons. The summed E-state index contributed by atoms with van der Waals surface area (Å²) >= 11 is 0. The standard InChI is InChI=1S/C15H18N2O4/c1-2-6-16-13(18)9-4-3-5-10(7-9)17-14(19)11-8-12(11)15(20)21/h3-5,7,11-12H,2,6,8H2,1H3,(H,16,18)(H,17,19)(H,20,21)/t11-,12+/m1/s1. The maximum Gasteiger partial charge on any atom is 0.307 e. The number of aliphatic carboxylic acids is 1. The van der Waals surface area contributed by atoms with Crippen molar-refractivity contribution in [1.82, 2.24) is 5.32 Å². The lowest BCUT2D eigenvalue weighted by molar-refractivity contribution is -0.139. The minimum Gasteiger partial charge on any atom is -0.481 e. The molecular weight excluding hydrogens is 272 g/mol. The number of carbonyl (C=O) groups excluding carboxylic acids is 2. The van der Waals surface area contributed by atoms with Crippen LogP contribution in [0.25, 0.3) is 0 Å². The van der Waals surface area contributed by atoms with E-state index < -0.39 is 17.8 Å². The first kappa shape index (κ1) is 15.0. The molecule has 1 fully saturated rings. The molecule has 2 atom stereocenters. The molecule has 0 aromatic heterocycles. The van der Waals surface area contributed by atoms with Crippen molar-refractivity contribution in [3.8, 4) is 0 Å². The molecule has 0 bridgehead atoms. The van der Waals surface area contributed by atoms with Crippen molar-refractivity contribution in [3.05, 3.63) is 29.8 Å². The number of carboxylic acid groups (broad SMARTS) is 1. The summed E-state index contributed by atoms with van der Waals surface area (Å²) in [5, 5.41) is 14.2. The Balaban J connectivity index is 1.97. The highest BCUT2D eigenvalue weighted by Crippen LogP contribution is 2.39. The van der Waals surface area contributed by atoms with Crippen LogP contribution in [-0.4, -0.2) is 29.4 Å². The first-order chi connectivity index (χ1) is 10.0. The molecule has 0 aliphatic heterocycles. The Labute approximate surface area is 122 Å². The maximum atomic E-state index is 11.9. The van der Waals surface area contributed by atoms with Gasteiger partial charge in [0.05, 0.1) is 11.8 Å². The largest absolute Gasteiger partial charge is 0.481 e. The van der Waals surface area contributed by atoms with Crippen LogP contribution in [0.5, 0.6) is 0 Å². The van der Waals surface area contributed by atoms with Gasteiger partial charge in [-0.1, -0.05) is 13.0 Å². The monoisotopic (exact) mass is 290 g/mol. The molecule has 0 saturated heterocycles. The van der Waals surface area contributed by atoms with E-state index in [-0.39, 0.29) is 11.8 Å². The van der Waals surface area contributed by atoms with Crippen molar-refractivity contribution in [2.45, 2.75) is 19.8 Å². The molecule has 0 unspecified atom stereocenters. The van der Waals surface area contributed by atoms with Crippen LogP contribution in [0.15, 0.2) is 24.3 Å². The third-order valence-corrected chi connectivity index (χ3v) is 3.37. The van der Waals surface area contributed by atoms with E-state index in [1.807, 2.05) is 6.92 Å². The summed E-state index contributed by atoms with van der Waals surface area (Å²) in [6.45, 7) is 2.56. The Kier molecular flexibility index (Phi) is 4.57. The molecule has 1 aliphatic carbocycles. The summed E-state index contributed by atoms with van der Waals surface area (Å²) in [6, 6.07) is 6.60. The summed E-state index contributed by atoms with van der Waals surface area (Å²) in [5.74, 6) is -2.50. The van der Waals surface area contributed by atoms with Gasteiger partial charge in [0.15, 0.2) is 0 Å². The number of nitrogens with one attached hydrogen (secondary N) is 2. The minimum atomic E-state index is -0.942. The van der Waals surface area contributed by atoms with E-state index in [4.69, 9.17) is 5.11 Å². The molecule has 21 heavy (non-hydrogen) atoms. The van der Waals surface area contributed by atoms with Gasteiger partial charge in [-0.05, 0) is 31.0 Å². The number of carbonyl (C=O) groups is 3. The zero-order chi connectivity index (χ0) is 15.4. The van der Waals surface area contributed by atoms with Crippen molar-refractivity contribution < 1.29 is 19.5 Å². The fraction of sp³-hybridized carbons (Fsp3) is 0.400. The quantitative estimate of drug-likeness (QED) is 0.739. The van der Waals surface area contributed by atoms with Gasteiger partial charge in [-0.2, -0.15) is 0 Å². The molecule has 2 rings (SSSR count). The van der Waals surface area contributed by atoms with Crippen LogP contribution in [-0.2, 0) is 9.59 Å². The van der Waals surface area contributed by atoms with Crippen molar-refractivity contribution in [1.29, 1.82) is 0 Å². The van der Waals surface area contributed by atoms with Gasteiger partial charge in [0.25, 0.3) is 5.91 Å². The SMILES string of the molecule is CCCNC(=O)c1cccc(NC(=O)[C@@H]2C[C@@H]2C(=O)O)c1. The van der Waals surface area contributed by atoms with Crippen LogP contribution in [0.3, 0.4) is 0 Å². The zero-order valence-electron chi connectivity index (χ0n) is 11.8. The average Bonchev–Trinajstić information content (AvgIpc) is 3.25. The number of hydrogen-bond acceptors (Lipinski definition) is 3. The van der Waals surface area contributed by atoms with Crippen molar-refractivity contribution in [3.63, 3.8) is 0 Å². The van der Waals surface area contributed by atoms with E-state index in [1.54, 1.807) is 24.3 Å². The van der Waals surface area contributed by atoms with Crippen LogP contribution >= 0.6 is 0 Å². The highest BCUT2D eigenvalue weighted by Gasteiger charge is 2.48. The van der Waals surface area contributed by atoms with Gasteiger partial charge >= 0.3 is 5.97 Å². The molecule has 1 aromatic carbocycles. The van der Waals surface area contributed by atoms with Crippen LogP contribution in [0.1, 0.15) is 30.1 Å². The lowest BCUT2D eigenvalue weighted by Crippen LogP contribution is -2.24. The summed E-state index contributed by atoms with van der Waals surface area (Å²) < 4.78 is 0. The molecule has 1 aliphatic rings. The number of rotatable bonds is 6. The molecule has 6 heteroatoms. The van der Waals surface area contributed by atoms with Crippen molar-refractivity contribution in [2.75, 3.05) is 11.9 Å². The fourth-order valence-corrected chi connectivity index (χ4v) is 2.07. The van der Waals surface area contributed by atoms with E-state index in [2.05, 4.69) is 10.6 Å². The fourth-order valence-electron chi connectivity index (χ4n) is 2.07. The molecule has 0 spiro atoms. The molecule has 3 N–H and O–H groups in total. The highest BCUT2D eigenvalue weighted by atomic mass is 16.4. The van der Waals surface area contributed by atoms with Crippen LogP contribution in [0.2, 0.25) is 0 Å². The zero-order valence-corrected chi connectivity index (χ0v) is 11.8. The predicted molar refractivity (Wildman–Crippen MR) is 76.9 cm³/mol. The van der Waals surface area contributed by atoms with Gasteiger partial charge in [-0.15, -0.1) is 0 Å². The smallest absolute Gasteiger partial charge is 0.307 e. The lowest BCUT2D eigenvalue weighted by atomic mass is 10.1. The molecular formula is C15H18N2O4. The van der Waals surface area contributed by atoms with Gasteiger partial charge in [0.1, 0.15) is 0 Å². The van der Waals surface area contributed by atoms with E-state index in [9.17, 15) is 14.4 Å². The minimum absolute atomic E-state index is 0.192. The molecule has 0 heterocycles. The Morgan fingerprint density at radius 1 is 1.29 bits per heavy atom. The molecule has 6 nitrogen and oxygen atoms in total. The van der Waals surface area contributed by atoms with Crippen LogP contribution in [0.4, 0.5) is 5.69 Å². The van der Waals surface area contributed by atoms with Crippen molar-refractivity contribution in [2.24, 2.45) is 11.8 Å². The van der Waals surface area contributed by atoms with Gasteiger partial charge in [-0.25, -0.2) is 0 Å². The number of anilines is 1. The number of amides is 2. The van der Waals surface area contributed by atoms with Crippen LogP contribution in [0, 0.1) is 11.8 Å². The normalized spacial score (nSPS) is 19.7. The van der Waals surface area contributed by atoms with Gasteiger partial charge in [0, 0.05) is 17.8 Å². The molecule has 1 saturated carbocycles. The van der Waals surface area contributed by atoms with Gasteiger partial charge in [-0.3, -0.25) is 14.4 Å². The third kappa shape index (κ3) is 3.81. The number of benzene rings is 1. The maximum absolute atomic E-state index is 11.9. The topological polar surface area (TPSA) is 95.5 Å². The molecule has 2 amide bonds. The summed E-state index contributed by atoms with van der Waals surface area (Å²) in [7, 11) is 0. The van der Waals surface area contributed by atoms with E-state index in [1.165, 1.54) is 0 Å². The average molecular weight is 290 g/mol. The molecule has 112 valence electrons. The highest BCUT2D eigenvalue weighted by molar-refractivity contribution is 6.00. The Bertz CT molecular complexity index is 571. The van der Waals surface area contributed by atoms with Crippen molar-refractivity contribution >= 4 is 23.5 Å². The summed E-state index contributed by atoms with van der Waals surface area (Å²) in [4.78, 5) is 34.4. The summed E-state index contributed by atoms with van der Waals surface area (Å²) in [5.41, 5.74) is 0.965. The first-order valence-electron chi connectivity index (χ1n) is 6.95. The Morgan fingerprint density at radius 3 is 2.67 bits per heavy atom. The second-order valence-corrected chi connectivity index (χ2v) is 5.11. The number of carboxylic acids is 1. The summed E-state index contributed by atoms with van der Waals surface area (Å²) in [6.07, 6.45) is 1.22. The second-order valence-electron chi connectivity index (χ2n) is 5.11. The lowest BCUT2D eigenvalue weighted by Gasteiger charge is -2.07. The Hall–Kier alpha value is -2.37.